The lowest BCUT2D eigenvalue weighted by Gasteiger charge is -2.22. The number of hydrogen-bond donors (Lipinski definition) is 2. The van der Waals surface area contributed by atoms with Crippen molar-refractivity contribution in [2.45, 2.75) is 25.3 Å². The van der Waals surface area contributed by atoms with Gasteiger partial charge >= 0.3 is 0 Å². The molecule has 2 aromatic rings. The molecule has 3 heterocycles. The lowest BCUT2D eigenvalue weighted by atomic mass is 10.1. The minimum Gasteiger partial charge on any atom is -0.486 e. The fourth-order valence-corrected chi connectivity index (χ4v) is 3.28. The van der Waals surface area contributed by atoms with Gasteiger partial charge in [0.15, 0.2) is 17.2 Å². The van der Waals surface area contributed by atoms with E-state index in [0.717, 1.165) is 43.0 Å². The zero-order chi connectivity index (χ0) is 17.8. The first kappa shape index (κ1) is 16.8. The van der Waals surface area contributed by atoms with E-state index < -0.39 is 0 Å². The SMILES string of the molecule is O=C(NCCc1ccc2c(c1)OCCO2)c1cn(C2CCNCC2)nn1. The summed E-state index contributed by atoms with van der Waals surface area (Å²) in [6.07, 6.45) is 4.48. The first-order valence-corrected chi connectivity index (χ1v) is 9.09. The first-order valence-electron chi connectivity index (χ1n) is 9.09. The van der Waals surface area contributed by atoms with Crippen LogP contribution in [-0.2, 0) is 6.42 Å². The van der Waals surface area contributed by atoms with Crippen molar-refractivity contribution < 1.29 is 14.3 Å². The molecule has 1 aromatic carbocycles. The Morgan fingerprint density at radius 1 is 1.23 bits per heavy atom. The predicted octanol–water partition coefficient (Wildman–Crippen LogP) is 0.946. The number of hydrogen-bond acceptors (Lipinski definition) is 6. The fourth-order valence-electron chi connectivity index (χ4n) is 3.28. The second kappa shape index (κ2) is 7.74. The number of benzene rings is 1. The third-order valence-corrected chi connectivity index (χ3v) is 4.73. The minimum atomic E-state index is -0.192. The molecular weight excluding hydrogens is 334 g/mol. The number of piperidine rings is 1. The number of rotatable bonds is 5. The van der Waals surface area contributed by atoms with Crippen molar-refractivity contribution in [1.82, 2.24) is 25.6 Å². The van der Waals surface area contributed by atoms with Gasteiger partial charge in [0.1, 0.15) is 13.2 Å². The zero-order valence-corrected chi connectivity index (χ0v) is 14.6. The maximum absolute atomic E-state index is 12.3. The number of carbonyl (C=O) groups is 1. The lowest BCUT2D eigenvalue weighted by Crippen LogP contribution is -2.29. The molecule has 1 aromatic heterocycles. The highest BCUT2D eigenvalue weighted by atomic mass is 16.6. The number of aromatic nitrogens is 3. The van der Waals surface area contributed by atoms with Crippen LogP contribution >= 0.6 is 0 Å². The van der Waals surface area contributed by atoms with Crippen LogP contribution in [0.5, 0.6) is 11.5 Å². The van der Waals surface area contributed by atoms with Crippen molar-refractivity contribution in [3.8, 4) is 11.5 Å². The topological polar surface area (TPSA) is 90.3 Å². The third kappa shape index (κ3) is 3.80. The molecular formula is C18H23N5O3. The van der Waals surface area contributed by atoms with Gasteiger partial charge in [0, 0.05) is 6.54 Å². The molecule has 138 valence electrons. The number of nitrogens with zero attached hydrogens (tertiary/aromatic N) is 3. The molecule has 1 fully saturated rings. The molecule has 2 aliphatic heterocycles. The molecule has 2 aliphatic rings. The van der Waals surface area contributed by atoms with Crippen LogP contribution in [0.4, 0.5) is 0 Å². The van der Waals surface area contributed by atoms with Gasteiger partial charge in [-0.15, -0.1) is 5.10 Å². The zero-order valence-electron chi connectivity index (χ0n) is 14.6. The van der Waals surface area contributed by atoms with Crippen LogP contribution in [0.3, 0.4) is 0 Å². The molecule has 4 rings (SSSR count). The van der Waals surface area contributed by atoms with Crippen LogP contribution in [0.2, 0.25) is 0 Å². The lowest BCUT2D eigenvalue weighted by molar-refractivity contribution is 0.0949. The summed E-state index contributed by atoms with van der Waals surface area (Å²) in [5, 5.41) is 14.4. The Labute approximate surface area is 151 Å². The Morgan fingerprint density at radius 3 is 2.88 bits per heavy atom. The van der Waals surface area contributed by atoms with Gasteiger partial charge in [-0.05, 0) is 50.0 Å². The van der Waals surface area contributed by atoms with Crippen molar-refractivity contribution in [2.24, 2.45) is 0 Å². The van der Waals surface area contributed by atoms with E-state index in [2.05, 4.69) is 20.9 Å². The average Bonchev–Trinajstić information content (AvgIpc) is 3.19. The Bertz CT molecular complexity index is 770. The summed E-state index contributed by atoms with van der Waals surface area (Å²) < 4.78 is 12.9. The number of amides is 1. The van der Waals surface area contributed by atoms with Crippen LogP contribution in [0, 0.1) is 0 Å². The van der Waals surface area contributed by atoms with E-state index in [1.807, 2.05) is 22.9 Å². The van der Waals surface area contributed by atoms with Crippen LogP contribution in [0.15, 0.2) is 24.4 Å². The highest BCUT2D eigenvalue weighted by molar-refractivity contribution is 5.91. The van der Waals surface area contributed by atoms with E-state index >= 15 is 0 Å². The molecule has 8 heteroatoms. The summed E-state index contributed by atoms with van der Waals surface area (Å²) in [7, 11) is 0. The highest BCUT2D eigenvalue weighted by Crippen LogP contribution is 2.30. The van der Waals surface area contributed by atoms with Gasteiger partial charge in [0.05, 0.1) is 12.2 Å². The Balaban J connectivity index is 1.29. The van der Waals surface area contributed by atoms with Gasteiger partial charge in [0.2, 0.25) is 0 Å². The van der Waals surface area contributed by atoms with E-state index in [4.69, 9.17) is 9.47 Å². The fraction of sp³-hybridized carbons (Fsp3) is 0.500. The molecule has 26 heavy (non-hydrogen) atoms. The van der Waals surface area contributed by atoms with Crippen molar-refractivity contribution in [3.05, 3.63) is 35.7 Å². The van der Waals surface area contributed by atoms with Crippen LogP contribution < -0.4 is 20.1 Å². The van der Waals surface area contributed by atoms with Crippen molar-refractivity contribution in [2.75, 3.05) is 32.8 Å². The van der Waals surface area contributed by atoms with E-state index in [0.29, 0.717) is 37.9 Å². The summed E-state index contributed by atoms with van der Waals surface area (Å²) in [5.74, 6) is 1.35. The molecule has 8 nitrogen and oxygen atoms in total. The number of carbonyl (C=O) groups excluding carboxylic acids is 1. The normalized spacial score (nSPS) is 17.1. The number of fused-ring (bicyclic) bond motifs is 1. The van der Waals surface area contributed by atoms with E-state index in [-0.39, 0.29) is 5.91 Å². The average molecular weight is 357 g/mol. The van der Waals surface area contributed by atoms with Crippen molar-refractivity contribution in [1.29, 1.82) is 0 Å². The molecule has 1 amide bonds. The molecule has 0 saturated carbocycles. The number of nitrogens with one attached hydrogen (secondary N) is 2. The monoisotopic (exact) mass is 357 g/mol. The van der Waals surface area contributed by atoms with Crippen LogP contribution in [0.1, 0.15) is 34.9 Å². The predicted molar refractivity (Wildman–Crippen MR) is 94.6 cm³/mol. The highest BCUT2D eigenvalue weighted by Gasteiger charge is 2.18. The van der Waals surface area contributed by atoms with E-state index in [1.165, 1.54) is 0 Å². The van der Waals surface area contributed by atoms with Crippen molar-refractivity contribution >= 4 is 5.91 Å². The number of ether oxygens (including phenoxy) is 2. The molecule has 0 unspecified atom stereocenters. The molecule has 0 spiro atoms. The molecule has 0 aliphatic carbocycles. The standard InChI is InChI=1S/C18H23N5O3/c24-18(15-12-23(22-21-15)14-4-6-19-7-5-14)20-8-3-13-1-2-16-17(11-13)26-10-9-25-16/h1-2,11-12,14,19H,3-10H2,(H,20,24). The Hall–Kier alpha value is -2.61. The van der Waals surface area contributed by atoms with Gasteiger partial charge in [-0.3, -0.25) is 4.79 Å². The first-order chi connectivity index (χ1) is 12.8. The summed E-state index contributed by atoms with van der Waals surface area (Å²) in [4.78, 5) is 12.3. The summed E-state index contributed by atoms with van der Waals surface area (Å²) >= 11 is 0. The minimum absolute atomic E-state index is 0.192. The summed E-state index contributed by atoms with van der Waals surface area (Å²) in [6.45, 7) is 3.63. The maximum Gasteiger partial charge on any atom is 0.273 e. The van der Waals surface area contributed by atoms with Crippen LogP contribution in [-0.4, -0.2) is 53.7 Å². The second-order valence-corrected chi connectivity index (χ2v) is 6.55. The third-order valence-electron chi connectivity index (χ3n) is 4.73. The smallest absolute Gasteiger partial charge is 0.273 e. The van der Waals surface area contributed by atoms with Gasteiger partial charge in [0.25, 0.3) is 5.91 Å². The van der Waals surface area contributed by atoms with Gasteiger partial charge in [-0.1, -0.05) is 11.3 Å². The second-order valence-electron chi connectivity index (χ2n) is 6.55. The Kier molecular flexibility index (Phi) is 5.01. The van der Waals surface area contributed by atoms with Crippen LogP contribution in [0.25, 0.3) is 0 Å². The quantitative estimate of drug-likeness (QED) is 0.828. The largest absolute Gasteiger partial charge is 0.486 e. The van der Waals surface area contributed by atoms with Crippen molar-refractivity contribution in [3.63, 3.8) is 0 Å². The van der Waals surface area contributed by atoms with Gasteiger partial charge in [-0.25, -0.2) is 4.68 Å². The van der Waals surface area contributed by atoms with Gasteiger partial charge < -0.3 is 20.1 Å². The molecule has 1 saturated heterocycles. The molecule has 2 N–H and O–H groups in total. The summed E-state index contributed by atoms with van der Waals surface area (Å²) in [5.41, 5.74) is 1.46. The Morgan fingerprint density at radius 2 is 2.04 bits per heavy atom. The van der Waals surface area contributed by atoms with E-state index in [9.17, 15) is 4.79 Å². The molecule has 0 radical (unpaired) electrons. The summed E-state index contributed by atoms with van der Waals surface area (Å²) in [6, 6.07) is 6.19. The molecule has 0 atom stereocenters. The van der Waals surface area contributed by atoms with E-state index in [1.54, 1.807) is 6.20 Å². The van der Waals surface area contributed by atoms with Gasteiger partial charge in [-0.2, -0.15) is 0 Å². The molecule has 0 bridgehead atoms. The maximum atomic E-state index is 12.3.